The molecule has 2 aromatic heterocycles. The van der Waals surface area contributed by atoms with Crippen LogP contribution in [0.3, 0.4) is 0 Å². The van der Waals surface area contributed by atoms with Crippen LogP contribution in [0.1, 0.15) is 97.8 Å². The van der Waals surface area contributed by atoms with Gasteiger partial charge in [-0.05, 0) is 123 Å². The molecule has 3 aliphatic heterocycles. The minimum absolute atomic E-state index is 0.00444. The van der Waals surface area contributed by atoms with Crippen LogP contribution in [0.2, 0.25) is 0 Å². The molecule has 9 rings (SSSR count). The maximum absolute atomic E-state index is 16.9. The molecule has 324 valence electrons. The number of aromatic nitrogens is 1. The van der Waals surface area contributed by atoms with Crippen molar-refractivity contribution in [2.45, 2.75) is 107 Å². The number of nitrogens with zero attached hydrogens (tertiary/aromatic N) is 5. The van der Waals surface area contributed by atoms with Gasteiger partial charge in [0.25, 0.3) is 5.91 Å². The molecule has 3 amide bonds. The molecule has 13 nitrogen and oxygen atoms in total. The Balaban J connectivity index is 0.953. The van der Waals surface area contributed by atoms with E-state index in [4.69, 9.17) is 4.52 Å². The number of carboxylic acids is 1. The normalized spacial score (nSPS) is 27.9. The number of benzene rings is 2. The topological polar surface area (TPSA) is 173 Å². The Bertz CT molecular complexity index is 2480. The zero-order chi connectivity index (χ0) is 43.5. The second-order valence-corrected chi connectivity index (χ2v) is 21.0. The number of carbonyl (C=O) groups is 4. The fourth-order valence-electron chi connectivity index (χ4n) is 10.5. The number of fused-ring (bicyclic) bond motifs is 3. The summed E-state index contributed by atoms with van der Waals surface area (Å²) in [5, 5.41) is 23.8. The second kappa shape index (κ2) is 16.5. The Hall–Kier alpha value is -5.16. The first-order valence-corrected chi connectivity index (χ1v) is 24.1. The van der Waals surface area contributed by atoms with Crippen molar-refractivity contribution in [2.75, 3.05) is 13.1 Å². The van der Waals surface area contributed by atoms with Crippen molar-refractivity contribution in [1.29, 1.82) is 5.26 Å². The number of pyridine rings is 1. The van der Waals surface area contributed by atoms with Crippen LogP contribution < -0.4 is 9.84 Å². The molecule has 16 heteroatoms. The monoisotopic (exact) mass is 880 g/mol. The molecule has 4 aromatic rings. The summed E-state index contributed by atoms with van der Waals surface area (Å²) in [5.74, 6) is -4.05. The van der Waals surface area contributed by atoms with Gasteiger partial charge in [0, 0.05) is 42.1 Å². The van der Waals surface area contributed by atoms with E-state index >= 15 is 4.39 Å². The van der Waals surface area contributed by atoms with Gasteiger partial charge in [0.1, 0.15) is 23.9 Å². The molecular formula is C46H50FN6O7PS. The van der Waals surface area contributed by atoms with Gasteiger partial charge in [-0.1, -0.05) is 37.3 Å². The van der Waals surface area contributed by atoms with Crippen molar-refractivity contribution in [3.63, 3.8) is 0 Å². The van der Waals surface area contributed by atoms with Crippen LogP contribution in [-0.2, 0) is 18.9 Å². The molecule has 5 aliphatic rings. The number of halogens is 1. The highest BCUT2D eigenvalue weighted by molar-refractivity contribution is 7.57. The quantitative estimate of drug-likeness (QED) is 0.126. The van der Waals surface area contributed by atoms with Gasteiger partial charge in [-0.15, -0.1) is 11.3 Å². The highest BCUT2D eigenvalue weighted by atomic mass is 32.1. The van der Waals surface area contributed by atoms with Crippen molar-refractivity contribution in [2.24, 2.45) is 17.8 Å². The maximum atomic E-state index is 16.9. The van der Waals surface area contributed by atoms with Crippen LogP contribution in [0.15, 0.2) is 79.1 Å². The van der Waals surface area contributed by atoms with Gasteiger partial charge in [0.15, 0.2) is 0 Å². The van der Waals surface area contributed by atoms with Gasteiger partial charge in [-0.25, -0.2) is 9.06 Å². The predicted octanol–water partition coefficient (Wildman–Crippen LogP) is 7.91. The minimum Gasteiger partial charge on any atom is -0.480 e. The maximum Gasteiger partial charge on any atom is 0.358 e. The lowest BCUT2D eigenvalue weighted by Crippen LogP contribution is -2.58. The average molecular weight is 881 g/mol. The van der Waals surface area contributed by atoms with E-state index in [9.17, 15) is 34.1 Å². The molecule has 3 saturated heterocycles. The zero-order valence-corrected chi connectivity index (χ0v) is 36.3. The van der Waals surface area contributed by atoms with E-state index in [-0.39, 0.29) is 47.5 Å². The number of rotatable bonds is 13. The molecule has 10 atom stereocenters. The van der Waals surface area contributed by atoms with Crippen molar-refractivity contribution in [3.8, 4) is 11.8 Å². The summed E-state index contributed by atoms with van der Waals surface area (Å²) in [4.78, 5) is 63.9. The third-order valence-corrected chi connectivity index (χ3v) is 17.6. The van der Waals surface area contributed by atoms with Crippen molar-refractivity contribution in [1.82, 2.24) is 24.8 Å². The number of carbonyl (C=O) groups excluding carboxylic acids is 3. The van der Waals surface area contributed by atoms with Crippen molar-refractivity contribution >= 4 is 52.6 Å². The molecule has 1 spiro atoms. The fourth-order valence-corrected chi connectivity index (χ4v) is 13.9. The number of amides is 3. The van der Waals surface area contributed by atoms with Crippen LogP contribution >= 0.6 is 18.9 Å². The number of carboxylic acid groups (broad SMARTS) is 1. The third-order valence-electron chi connectivity index (χ3n) is 13.9. The van der Waals surface area contributed by atoms with Gasteiger partial charge in [0.2, 0.25) is 17.7 Å². The lowest BCUT2D eigenvalue weighted by Gasteiger charge is -2.37. The van der Waals surface area contributed by atoms with E-state index < -0.39 is 49.0 Å². The Labute approximate surface area is 363 Å². The smallest absolute Gasteiger partial charge is 0.358 e. The van der Waals surface area contributed by atoms with E-state index in [0.717, 1.165) is 35.9 Å². The summed E-state index contributed by atoms with van der Waals surface area (Å²) in [6.45, 7) is 3.53. The van der Waals surface area contributed by atoms with E-state index in [1.807, 2.05) is 17.0 Å². The van der Waals surface area contributed by atoms with Crippen LogP contribution in [0.4, 0.5) is 4.39 Å². The number of thiophene rings is 1. The molecule has 0 unspecified atom stereocenters. The molecule has 5 heterocycles. The largest absolute Gasteiger partial charge is 0.480 e. The van der Waals surface area contributed by atoms with Crippen LogP contribution in [-0.4, -0.2) is 91.0 Å². The molecular weight excluding hydrogens is 831 g/mol. The number of para-hydroxylation sites is 1. The third kappa shape index (κ3) is 7.47. The van der Waals surface area contributed by atoms with Crippen molar-refractivity contribution in [3.05, 3.63) is 95.1 Å². The zero-order valence-electron chi connectivity index (χ0n) is 34.6. The Morgan fingerprint density at radius 1 is 1.10 bits per heavy atom. The molecule has 2 saturated carbocycles. The molecule has 62 heavy (non-hydrogen) atoms. The number of likely N-dealkylation sites (tertiary alicyclic amines) is 1. The van der Waals surface area contributed by atoms with Crippen molar-refractivity contribution < 1.29 is 37.8 Å². The number of nitrogens with one attached hydrogen (secondary N) is 1. The number of hydrogen-bond acceptors (Lipinski definition) is 9. The fraction of sp³-hybridized carbons (Fsp3) is 0.478. The van der Waals surface area contributed by atoms with E-state index in [1.54, 1.807) is 54.5 Å². The Morgan fingerprint density at radius 3 is 2.56 bits per heavy atom. The van der Waals surface area contributed by atoms with E-state index in [2.05, 4.69) is 16.4 Å². The van der Waals surface area contributed by atoms with Gasteiger partial charge < -0.3 is 24.7 Å². The molecule has 2 aliphatic carbocycles. The first kappa shape index (κ1) is 42.2. The molecule has 0 bridgehead atoms. The number of alkyl halides is 1. The highest BCUT2D eigenvalue weighted by Gasteiger charge is 2.65. The van der Waals surface area contributed by atoms with Gasteiger partial charge >= 0.3 is 13.5 Å². The molecule has 2 N–H and O–H groups in total. The summed E-state index contributed by atoms with van der Waals surface area (Å²) < 4.78 is 39.4. The predicted molar refractivity (Wildman–Crippen MR) is 230 cm³/mol. The first-order valence-electron chi connectivity index (χ1n) is 21.6. The Kier molecular flexibility index (Phi) is 11.2. The molecule has 5 fully saturated rings. The highest BCUT2D eigenvalue weighted by Crippen LogP contribution is 2.64. The lowest BCUT2D eigenvalue weighted by atomic mass is 9.85. The summed E-state index contributed by atoms with van der Waals surface area (Å²) in [5.41, 5.74) is 0.384. The summed E-state index contributed by atoms with van der Waals surface area (Å²) in [7, 11) is -4.55. The average Bonchev–Trinajstić information content (AvgIpc) is 4.06. The standard InChI is InChI=1S/C46H50FN6O7PS/c1-3-18-52(27(2)45(57)58)61(59,60-34-9-5-4-6-10-34)41(47)28-11-14-39-32(19-28)23-40(62-39)42(54)50-37-22-31-20-30(31)21-33-12-13-38(53(33)43(37)55)44(56)51-26-35(29-8-7-17-49-25-29)36(24-48)46(51)15-16-46/h4-11,14,17,19,23,25,27,30-31,33,35-38,41H,3,12-13,15-16,18,20-22,26H2,1-2H3,(H,50,54)(H,57,58)/t27-,30+,31-,33+,35-,36-,37-,38-,41+,61+/m0/s1. The first-order chi connectivity index (χ1) is 29.9. The Morgan fingerprint density at radius 2 is 1.87 bits per heavy atom. The van der Waals surface area contributed by atoms with Gasteiger partial charge in [-0.3, -0.25) is 28.7 Å². The van der Waals surface area contributed by atoms with Crippen LogP contribution in [0.5, 0.6) is 5.75 Å². The molecule has 0 radical (unpaired) electrons. The van der Waals surface area contributed by atoms with Crippen LogP contribution in [0, 0.1) is 29.1 Å². The second-order valence-electron chi connectivity index (χ2n) is 17.7. The van der Waals surface area contributed by atoms with Gasteiger partial charge in [0.05, 0.1) is 22.4 Å². The summed E-state index contributed by atoms with van der Waals surface area (Å²) >= 11 is 1.18. The number of nitriles is 1. The summed E-state index contributed by atoms with van der Waals surface area (Å²) in [6, 6.07) is 17.7. The SMILES string of the molecule is CCCN([C@@H](C)C(=O)O)[P@](=O)(Oc1ccccc1)[C@@H](F)c1ccc2sc(C(=O)N[C@H]3C[C@@H]4C[C@@H]4C[C@H]4CC[C@@H](C(=O)N5C[C@@H](c6cccnc6)[C@H](C#N)C56CC6)N4C3=O)cc2c1. The number of aliphatic carboxylic acids is 1. The minimum atomic E-state index is -4.55. The van der Waals surface area contributed by atoms with E-state index in [0.29, 0.717) is 59.0 Å². The number of hydrogen-bond donors (Lipinski definition) is 2. The summed E-state index contributed by atoms with van der Waals surface area (Å²) in [6.07, 6.45) is 8.81. The molecule has 2 aromatic carbocycles. The van der Waals surface area contributed by atoms with E-state index in [1.165, 1.54) is 42.5 Å². The van der Waals surface area contributed by atoms with Crippen LogP contribution in [0.25, 0.3) is 10.1 Å². The van der Waals surface area contributed by atoms with Gasteiger partial charge in [-0.2, -0.15) is 5.26 Å². The lowest BCUT2D eigenvalue weighted by molar-refractivity contribution is -0.148.